The standard InChI is InChI=1S/C16H27N3/c1-3-16-13-19(11-10-18(16)2)9-8-14-6-4-5-7-15(14)12-17/h4-7,16H,3,8-13,17H2,1-2H3. The largest absolute Gasteiger partial charge is 0.326 e. The zero-order chi connectivity index (χ0) is 13.7. The fourth-order valence-corrected chi connectivity index (χ4v) is 2.93. The number of nitrogens with zero attached hydrogens (tertiary/aromatic N) is 2. The zero-order valence-corrected chi connectivity index (χ0v) is 12.3. The SMILES string of the molecule is CCC1CN(CCc2ccccc2CN)CCN1C. The summed E-state index contributed by atoms with van der Waals surface area (Å²) in [6, 6.07) is 9.28. The van der Waals surface area contributed by atoms with Crippen LogP contribution in [0.1, 0.15) is 24.5 Å². The fourth-order valence-electron chi connectivity index (χ4n) is 2.93. The van der Waals surface area contributed by atoms with E-state index in [9.17, 15) is 0 Å². The van der Waals surface area contributed by atoms with Gasteiger partial charge < -0.3 is 15.5 Å². The van der Waals surface area contributed by atoms with Crippen molar-refractivity contribution in [3.8, 4) is 0 Å². The van der Waals surface area contributed by atoms with Gasteiger partial charge in [-0.1, -0.05) is 31.2 Å². The molecule has 0 spiro atoms. The zero-order valence-electron chi connectivity index (χ0n) is 12.3. The molecule has 0 bridgehead atoms. The van der Waals surface area contributed by atoms with Gasteiger partial charge in [0, 0.05) is 38.8 Å². The molecule has 19 heavy (non-hydrogen) atoms. The van der Waals surface area contributed by atoms with E-state index in [1.165, 1.54) is 37.2 Å². The third-order valence-electron chi connectivity index (χ3n) is 4.37. The molecule has 1 saturated heterocycles. The number of rotatable bonds is 5. The lowest BCUT2D eigenvalue weighted by atomic mass is 10.0. The molecule has 0 radical (unpaired) electrons. The Hall–Kier alpha value is -0.900. The van der Waals surface area contributed by atoms with E-state index in [0.29, 0.717) is 6.54 Å². The summed E-state index contributed by atoms with van der Waals surface area (Å²) >= 11 is 0. The molecule has 1 unspecified atom stereocenters. The number of piperazine rings is 1. The second-order valence-corrected chi connectivity index (χ2v) is 5.57. The van der Waals surface area contributed by atoms with Gasteiger partial charge in [0.1, 0.15) is 0 Å². The second-order valence-electron chi connectivity index (χ2n) is 5.57. The van der Waals surface area contributed by atoms with Crippen LogP contribution in [0, 0.1) is 0 Å². The number of likely N-dealkylation sites (N-methyl/N-ethyl adjacent to an activating group) is 1. The lowest BCUT2D eigenvalue weighted by molar-refractivity contribution is 0.0941. The van der Waals surface area contributed by atoms with Crippen LogP contribution in [0.15, 0.2) is 24.3 Å². The molecule has 1 aliphatic rings. The van der Waals surface area contributed by atoms with Crippen molar-refractivity contribution in [2.75, 3.05) is 33.2 Å². The Kier molecular flexibility index (Phi) is 5.37. The highest BCUT2D eigenvalue weighted by molar-refractivity contribution is 5.27. The smallest absolute Gasteiger partial charge is 0.0218 e. The van der Waals surface area contributed by atoms with E-state index >= 15 is 0 Å². The van der Waals surface area contributed by atoms with Crippen molar-refractivity contribution in [1.29, 1.82) is 0 Å². The number of hydrogen-bond acceptors (Lipinski definition) is 3. The molecule has 0 aliphatic carbocycles. The summed E-state index contributed by atoms with van der Waals surface area (Å²) in [6.45, 7) is 7.68. The summed E-state index contributed by atoms with van der Waals surface area (Å²) in [7, 11) is 2.25. The molecule has 1 aliphatic heterocycles. The van der Waals surface area contributed by atoms with Gasteiger partial charge in [0.15, 0.2) is 0 Å². The second kappa shape index (κ2) is 7.04. The van der Waals surface area contributed by atoms with Crippen LogP contribution in [0.25, 0.3) is 0 Å². The number of hydrogen-bond donors (Lipinski definition) is 1. The minimum absolute atomic E-state index is 0.649. The van der Waals surface area contributed by atoms with Gasteiger partial charge >= 0.3 is 0 Å². The van der Waals surface area contributed by atoms with Gasteiger partial charge in [-0.15, -0.1) is 0 Å². The molecule has 1 heterocycles. The van der Waals surface area contributed by atoms with E-state index in [0.717, 1.165) is 19.0 Å². The molecular formula is C16H27N3. The van der Waals surface area contributed by atoms with E-state index in [2.05, 4.69) is 48.0 Å². The lowest BCUT2D eigenvalue weighted by Crippen LogP contribution is -2.51. The highest BCUT2D eigenvalue weighted by Crippen LogP contribution is 2.13. The van der Waals surface area contributed by atoms with Crippen molar-refractivity contribution < 1.29 is 0 Å². The Balaban J connectivity index is 1.88. The summed E-state index contributed by atoms with van der Waals surface area (Å²) < 4.78 is 0. The van der Waals surface area contributed by atoms with Gasteiger partial charge in [-0.3, -0.25) is 0 Å². The van der Waals surface area contributed by atoms with Crippen molar-refractivity contribution in [1.82, 2.24) is 9.80 Å². The van der Waals surface area contributed by atoms with Crippen molar-refractivity contribution in [3.05, 3.63) is 35.4 Å². The maximum absolute atomic E-state index is 5.80. The molecule has 1 aromatic carbocycles. The van der Waals surface area contributed by atoms with Crippen LogP contribution < -0.4 is 5.73 Å². The molecule has 0 aromatic heterocycles. The quantitative estimate of drug-likeness (QED) is 0.876. The average molecular weight is 261 g/mol. The van der Waals surface area contributed by atoms with Crippen molar-refractivity contribution >= 4 is 0 Å². The Labute approximate surface area is 117 Å². The van der Waals surface area contributed by atoms with Crippen LogP contribution >= 0.6 is 0 Å². The van der Waals surface area contributed by atoms with Gasteiger partial charge in [0.2, 0.25) is 0 Å². The predicted molar refractivity (Wildman–Crippen MR) is 81.2 cm³/mol. The maximum Gasteiger partial charge on any atom is 0.0218 e. The average Bonchev–Trinajstić information content (AvgIpc) is 2.46. The van der Waals surface area contributed by atoms with E-state index in [4.69, 9.17) is 5.73 Å². The molecule has 1 atom stereocenters. The summed E-state index contributed by atoms with van der Waals surface area (Å²) in [5.74, 6) is 0. The monoisotopic (exact) mass is 261 g/mol. The van der Waals surface area contributed by atoms with E-state index < -0.39 is 0 Å². The van der Waals surface area contributed by atoms with Crippen LogP contribution in [-0.4, -0.2) is 49.1 Å². The minimum atomic E-state index is 0.649. The topological polar surface area (TPSA) is 32.5 Å². The summed E-state index contributed by atoms with van der Waals surface area (Å²) in [4.78, 5) is 5.09. The van der Waals surface area contributed by atoms with Crippen molar-refractivity contribution in [2.24, 2.45) is 5.73 Å². The van der Waals surface area contributed by atoms with E-state index in [1.54, 1.807) is 0 Å². The van der Waals surface area contributed by atoms with Crippen LogP contribution in [0.5, 0.6) is 0 Å². The van der Waals surface area contributed by atoms with Gasteiger partial charge in [-0.2, -0.15) is 0 Å². The third-order valence-corrected chi connectivity index (χ3v) is 4.37. The Bertz CT molecular complexity index is 391. The van der Waals surface area contributed by atoms with Crippen molar-refractivity contribution in [3.63, 3.8) is 0 Å². The first-order chi connectivity index (χ1) is 9.24. The van der Waals surface area contributed by atoms with Crippen LogP contribution in [-0.2, 0) is 13.0 Å². The first-order valence-corrected chi connectivity index (χ1v) is 7.44. The van der Waals surface area contributed by atoms with E-state index in [1.807, 2.05) is 0 Å². The Morgan fingerprint density at radius 1 is 1.21 bits per heavy atom. The van der Waals surface area contributed by atoms with Crippen molar-refractivity contribution in [2.45, 2.75) is 32.4 Å². The van der Waals surface area contributed by atoms with Crippen LogP contribution in [0.2, 0.25) is 0 Å². The molecule has 2 rings (SSSR count). The Morgan fingerprint density at radius 2 is 1.95 bits per heavy atom. The third kappa shape index (κ3) is 3.78. The summed E-state index contributed by atoms with van der Waals surface area (Å²) in [5, 5.41) is 0. The predicted octanol–water partition coefficient (Wildman–Crippen LogP) is 1.71. The molecule has 3 nitrogen and oxygen atoms in total. The molecule has 3 heteroatoms. The van der Waals surface area contributed by atoms with Crippen LogP contribution in [0.3, 0.4) is 0 Å². The van der Waals surface area contributed by atoms with Gasteiger partial charge in [-0.25, -0.2) is 0 Å². The van der Waals surface area contributed by atoms with Gasteiger partial charge in [-0.05, 0) is 31.0 Å². The number of benzene rings is 1. The number of nitrogens with two attached hydrogens (primary N) is 1. The molecule has 2 N–H and O–H groups in total. The van der Waals surface area contributed by atoms with Gasteiger partial charge in [0.05, 0.1) is 0 Å². The normalized spacial score (nSPS) is 21.7. The molecular weight excluding hydrogens is 234 g/mol. The van der Waals surface area contributed by atoms with Gasteiger partial charge in [0.25, 0.3) is 0 Å². The Morgan fingerprint density at radius 3 is 2.63 bits per heavy atom. The summed E-state index contributed by atoms with van der Waals surface area (Å²) in [5.41, 5.74) is 8.51. The van der Waals surface area contributed by atoms with E-state index in [-0.39, 0.29) is 0 Å². The molecule has 0 saturated carbocycles. The highest BCUT2D eigenvalue weighted by Gasteiger charge is 2.22. The minimum Gasteiger partial charge on any atom is -0.326 e. The molecule has 1 aromatic rings. The first-order valence-electron chi connectivity index (χ1n) is 7.44. The fraction of sp³-hybridized carbons (Fsp3) is 0.625. The highest BCUT2D eigenvalue weighted by atomic mass is 15.3. The molecule has 0 amide bonds. The molecule has 106 valence electrons. The maximum atomic E-state index is 5.80. The molecule has 1 fully saturated rings. The summed E-state index contributed by atoms with van der Waals surface area (Å²) in [6.07, 6.45) is 2.36. The first kappa shape index (κ1) is 14.5. The van der Waals surface area contributed by atoms with Crippen LogP contribution in [0.4, 0.5) is 0 Å². The lowest BCUT2D eigenvalue weighted by Gasteiger charge is -2.39.